The topological polar surface area (TPSA) is 26.3 Å². The molecule has 0 heterocycles. The van der Waals surface area contributed by atoms with Gasteiger partial charge in [-0.2, -0.15) is 0 Å². The molecule has 0 amide bonds. The van der Waals surface area contributed by atoms with Crippen molar-refractivity contribution in [3.8, 4) is 5.75 Å². The summed E-state index contributed by atoms with van der Waals surface area (Å²) in [6.07, 6.45) is 0.834. The molecule has 0 N–H and O–H groups in total. The number of rotatable bonds is 4. The Balaban J connectivity index is 2.20. The maximum Gasteiger partial charge on any atom is 0.154 e. The van der Waals surface area contributed by atoms with Crippen molar-refractivity contribution in [2.45, 2.75) is 13.5 Å². The van der Waals surface area contributed by atoms with E-state index in [0.717, 1.165) is 21.9 Å². The van der Waals surface area contributed by atoms with Crippen LogP contribution in [0.3, 0.4) is 0 Å². The van der Waals surface area contributed by atoms with Gasteiger partial charge < -0.3 is 4.74 Å². The maximum atomic E-state index is 11.1. The van der Waals surface area contributed by atoms with E-state index in [2.05, 4.69) is 15.9 Å². The highest BCUT2D eigenvalue weighted by atomic mass is 79.9. The summed E-state index contributed by atoms with van der Waals surface area (Å²) >= 11 is 3.40. The number of carbonyl (C=O) groups excluding carboxylic acids is 1. The Bertz CT molecular complexity index is 550. The van der Waals surface area contributed by atoms with E-state index in [1.165, 1.54) is 0 Å². The van der Waals surface area contributed by atoms with Crippen LogP contribution in [-0.4, -0.2) is 6.29 Å². The van der Waals surface area contributed by atoms with E-state index in [-0.39, 0.29) is 0 Å². The number of hydrogen-bond donors (Lipinski definition) is 0. The van der Waals surface area contributed by atoms with Crippen molar-refractivity contribution in [2.24, 2.45) is 0 Å². The second kappa shape index (κ2) is 5.83. The molecule has 0 bridgehead atoms. The van der Waals surface area contributed by atoms with Crippen molar-refractivity contribution >= 4 is 22.2 Å². The van der Waals surface area contributed by atoms with Gasteiger partial charge in [-0.05, 0) is 30.2 Å². The smallest absolute Gasteiger partial charge is 0.154 e. The van der Waals surface area contributed by atoms with Gasteiger partial charge in [0.15, 0.2) is 6.29 Å². The van der Waals surface area contributed by atoms with Gasteiger partial charge in [0, 0.05) is 4.47 Å². The van der Waals surface area contributed by atoms with Gasteiger partial charge in [0.1, 0.15) is 12.4 Å². The lowest BCUT2D eigenvalue weighted by molar-refractivity contribution is 0.111. The van der Waals surface area contributed by atoms with Crippen molar-refractivity contribution in [3.63, 3.8) is 0 Å². The van der Waals surface area contributed by atoms with Gasteiger partial charge in [-0.1, -0.05) is 46.3 Å². The summed E-state index contributed by atoms with van der Waals surface area (Å²) in [5, 5.41) is 0. The Morgan fingerprint density at radius 1 is 1.17 bits per heavy atom. The molecule has 0 fully saturated rings. The largest absolute Gasteiger partial charge is 0.488 e. The normalized spacial score (nSPS) is 10.1. The molecular formula is C15H13BrO2. The molecular weight excluding hydrogens is 292 g/mol. The average molecular weight is 305 g/mol. The molecule has 0 unspecified atom stereocenters. The lowest BCUT2D eigenvalue weighted by Crippen LogP contribution is -2.00. The van der Waals surface area contributed by atoms with Crippen molar-refractivity contribution in [2.75, 3.05) is 0 Å². The van der Waals surface area contributed by atoms with Crippen molar-refractivity contribution in [3.05, 3.63) is 63.6 Å². The first-order valence-electron chi connectivity index (χ1n) is 5.63. The highest BCUT2D eigenvalue weighted by Gasteiger charge is 2.09. The fourth-order valence-corrected chi connectivity index (χ4v) is 2.03. The minimum absolute atomic E-state index is 0.461. The predicted octanol–water partition coefficient (Wildman–Crippen LogP) is 4.15. The molecule has 92 valence electrons. The average Bonchev–Trinajstić information content (AvgIpc) is 2.41. The molecule has 2 aromatic rings. The molecule has 18 heavy (non-hydrogen) atoms. The number of aldehydes is 1. The van der Waals surface area contributed by atoms with Gasteiger partial charge in [0.25, 0.3) is 0 Å². The van der Waals surface area contributed by atoms with E-state index in [9.17, 15) is 4.79 Å². The number of ether oxygens (including phenoxy) is 1. The molecule has 2 nitrogen and oxygen atoms in total. The quantitative estimate of drug-likeness (QED) is 0.793. The monoisotopic (exact) mass is 304 g/mol. The zero-order chi connectivity index (χ0) is 13.0. The summed E-state index contributed by atoms with van der Waals surface area (Å²) in [6.45, 7) is 2.35. The Morgan fingerprint density at radius 2 is 1.89 bits per heavy atom. The number of hydrogen-bond acceptors (Lipinski definition) is 2. The Kier molecular flexibility index (Phi) is 4.15. The number of carbonyl (C=O) groups is 1. The molecule has 0 spiro atoms. The second-order valence-corrected chi connectivity index (χ2v) is 4.83. The fourth-order valence-electron chi connectivity index (χ4n) is 1.68. The van der Waals surface area contributed by atoms with E-state index in [0.29, 0.717) is 17.9 Å². The van der Waals surface area contributed by atoms with Crippen LogP contribution in [0.1, 0.15) is 21.5 Å². The third-order valence-electron chi connectivity index (χ3n) is 2.76. The van der Waals surface area contributed by atoms with Crippen LogP contribution in [0.2, 0.25) is 0 Å². The first-order valence-corrected chi connectivity index (χ1v) is 6.42. The Morgan fingerprint density at radius 3 is 2.56 bits per heavy atom. The molecule has 0 saturated carbocycles. The van der Waals surface area contributed by atoms with Crippen LogP contribution in [0.5, 0.6) is 5.75 Å². The fraction of sp³-hybridized carbons (Fsp3) is 0.133. The van der Waals surface area contributed by atoms with E-state index in [4.69, 9.17) is 4.74 Å². The molecule has 2 aromatic carbocycles. The Hall–Kier alpha value is -1.61. The highest BCUT2D eigenvalue weighted by molar-refractivity contribution is 9.10. The van der Waals surface area contributed by atoms with E-state index in [1.807, 2.05) is 49.4 Å². The minimum Gasteiger partial charge on any atom is -0.488 e. The summed E-state index contributed by atoms with van der Waals surface area (Å²) in [5.41, 5.74) is 2.57. The van der Waals surface area contributed by atoms with Crippen LogP contribution >= 0.6 is 15.9 Å². The summed E-state index contributed by atoms with van der Waals surface area (Å²) in [7, 11) is 0. The minimum atomic E-state index is 0.461. The first kappa shape index (κ1) is 12.8. The SMILES string of the molecule is Cc1c(Br)ccc(OCc2ccccc2)c1C=O. The predicted molar refractivity (Wildman–Crippen MR) is 75.0 cm³/mol. The number of benzene rings is 2. The van der Waals surface area contributed by atoms with Gasteiger partial charge in [-0.25, -0.2) is 0 Å². The standard InChI is InChI=1S/C15H13BrO2/c1-11-13(9-17)15(8-7-14(11)16)18-10-12-5-3-2-4-6-12/h2-9H,10H2,1H3. The van der Waals surface area contributed by atoms with Gasteiger partial charge in [0.2, 0.25) is 0 Å². The van der Waals surface area contributed by atoms with Crippen LogP contribution in [0.4, 0.5) is 0 Å². The van der Waals surface area contributed by atoms with Gasteiger partial charge >= 0.3 is 0 Å². The Labute approximate surface area is 115 Å². The van der Waals surface area contributed by atoms with Crippen molar-refractivity contribution in [1.29, 1.82) is 0 Å². The van der Waals surface area contributed by atoms with Gasteiger partial charge in [-0.3, -0.25) is 4.79 Å². The second-order valence-electron chi connectivity index (χ2n) is 3.98. The molecule has 0 radical (unpaired) electrons. The molecule has 0 aliphatic rings. The van der Waals surface area contributed by atoms with Crippen LogP contribution in [-0.2, 0) is 6.61 Å². The lowest BCUT2D eigenvalue weighted by Gasteiger charge is -2.11. The molecule has 0 aliphatic heterocycles. The van der Waals surface area contributed by atoms with Crippen molar-refractivity contribution < 1.29 is 9.53 Å². The molecule has 2 rings (SSSR count). The third kappa shape index (κ3) is 2.79. The van der Waals surface area contributed by atoms with E-state index >= 15 is 0 Å². The van der Waals surface area contributed by atoms with Crippen LogP contribution in [0.15, 0.2) is 46.9 Å². The van der Waals surface area contributed by atoms with Crippen LogP contribution < -0.4 is 4.74 Å². The summed E-state index contributed by atoms with van der Waals surface area (Å²) in [5.74, 6) is 0.620. The van der Waals surface area contributed by atoms with Crippen LogP contribution in [0.25, 0.3) is 0 Å². The highest BCUT2D eigenvalue weighted by Crippen LogP contribution is 2.27. The van der Waals surface area contributed by atoms with Gasteiger partial charge in [-0.15, -0.1) is 0 Å². The zero-order valence-electron chi connectivity index (χ0n) is 10.0. The summed E-state index contributed by atoms with van der Waals surface area (Å²) in [4.78, 5) is 11.1. The van der Waals surface area contributed by atoms with Gasteiger partial charge in [0.05, 0.1) is 5.56 Å². The lowest BCUT2D eigenvalue weighted by atomic mass is 10.1. The summed E-state index contributed by atoms with van der Waals surface area (Å²) in [6, 6.07) is 13.6. The first-order chi connectivity index (χ1) is 8.72. The zero-order valence-corrected chi connectivity index (χ0v) is 11.6. The summed E-state index contributed by atoms with van der Waals surface area (Å²) < 4.78 is 6.61. The molecule has 0 aromatic heterocycles. The van der Waals surface area contributed by atoms with Crippen molar-refractivity contribution in [1.82, 2.24) is 0 Å². The molecule has 0 atom stereocenters. The van der Waals surface area contributed by atoms with E-state index < -0.39 is 0 Å². The molecule has 0 aliphatic carbocycles. The van der Waals surface area contributed by atoms with Crippen LogP contribution in [0, 0.1) is 6.92 Å². The van der Waals surface area contributed by atoms with E-state index in [1.54, 1.807) is 0 Å². The number of halogens is 1. The molecule has 0 saturated heterocycles. The molecule has 3 heteroatoms. The maximum absolute atomic E-state index is 11.1. The third-order valence-corrected chi connectivity index (χ3v) is 3.62.